The van der Waals surface area contributed by atoms with Crippen LogP contribution < -0.4 is 16.8 Å². The molecule has 0 aromatic carbocycles. The molecule has 1 spiro atoms. The number of aliphatic hydroxyl groups is 3. The Hall–Kier alpha value is -2.11. The number of nitrogens with one attached hydrogen (secondary N) is 1. The molecule has 3 rings (SSSR count). The van der Waals surface area contributed by atoms with E-state index in [1.54, 1.807) is 20.8 Å². The Kier molecular flexibility index (Phi) is 3.68. The lowest BCUT2D eigenvalue weighted by Gasteiger charge is -2.48. The van der Waals surface area contributed by atoms with Crippen LogP contribution in [0.5, 0.6) is 0 Å². The number of ether oxygens (including phenoxy) is 1. The molecule has 0 saturated carbocycles. The van der Waals surface area contributed by atoms with Gasteiger partial charge in [-0.25, -0.2) is 9.98 Å². The summed E-state index contributed by atoms with van der Waals surface area (Å²) < 4.78 is 5.35. The van der Waals surface area contributed by atoms with Crippen molar-refractivity contribution >= 4 is 17.9 Å². The molecular weight excluding hydrogens is 332 g/mol. The summed E-state index contributed by atoms with van der Waals surface area (Å²) in [7, 11) is 0. The van der Waals surface area contributed by atoms with E-state index in [1.165, 1.54) is 4.90 Å². The van der Waals surface area contributed by atoms with E-state index in [9.17, 15) is 20.1 Å². The first-order chi connectivity index (χ1) is 11.4. The van der Waals surface area contributed by atoms with Crippen molar-refractivity contribution < 1.29 is 24.9 Å². The normalized spacial score (nSPS) is 36.1. The van der Waals surface area contributed by atoms with Gasteiger partial charge in [0, 0.05) is 0 Å². The van der Waals surface area contributed by atoms with Gasteiger partial charge in [-0.2, -0.15) is 0 Å². The highest BCUT2D eigenvalue weighted by Gasteiger charge is 2.74. The van der Waals surface area contributed by atoms with E-state index >= 15 is 0 Å². The number of rotatable bonds is 2. The molecule has 2 unspecified atom stereocenters. The summed E-state index contributed by atoms with van der Waals surface area (Å²) in [5, 5.41) is 34.2. The standard InChI is InChI=1S/C14H24N6O5/c1-12(2,3)9(22)25-7-4-20-11(16)17-6(5-21)8-13(20,14(7,23)24)19-10(15)18-8/h6-8,21,23-24H,4-5H2,1-3H3,(H2,16,17)(H3,15,18,19)/t6-,7-,8?,13?/m0/s1. The molecule has 3 heterocycles. The Morgan fingerprint density at radius 3 is 2.60 bits per heavy atom. The Balaban J connectivity index is 2.02. The number of carbonyl (C=O) groups is 1. The molecule has 4 atom stereocenters. The van der Waals surface area contributed by atoms with Gasteiger partial charge in [0.15, 0.2) is 23.7 Å². The van der Waals surface area contributed by atoms with Gasteiger partial charge in [-0.1, -0.05) is 0 Å². The molecule has 11 heteroatoms. The third-order valence-electron chi connectivity index (χ3n) is 4.80. The second-order valence-corrected chi connectivity index (χ2v) is 7.57. The monoisotopic (exact) mass is 356 g/mol. The van der Waals surface area contributed by atoms with Gasteiger partial charge in [-0.15, -0.1) is 0 Å². The molecule has 140 valence electrons. The first-order valence-electron chi connectivity index (χ1n) is 7.94. The number of hydrogen-bond acceptors (Lipinski definition) is 11. The van der Waals surface area contributed by atoms with E-state index in [4.69, 9.17) is 16.2 Å². The largest absolute Gasteiger partial charge is 0.454 e. The molecular formula is C14H24N6O5. The number of aliphatic hydroxyl groups excluding tert-OH is 1. The molecule has 0 aromatic rings. The summed E-state index contributed by atoms with van der Waals surface area (Å²) >= 11 is 0. The van der Waals surface area contributed by atoms with Crippen LogP contribution in [0.25, 0.3) is 0 Å². The first-order valence-corrected chi connectivity index (χ1v) is 7.94. The van der Waals surface area contributed by atoms with Gasteiger partial charge in [-0.05, 0) is 20.8 Å². The Labute approximate surface area is 144 Å². The molecule has 25 heavy (non-hydrogen) atoms. The quantitative estimate of drug-likeness (QED) is 0.217. The lowest BCUT2D eigenvalue weighted by atomic mass is 9.86. The SMILES string of the molecule is CC(C)(C)C(=O)O[C@H]1CN2C(N)=N[C@@H](CO)C3N=C(N)NC32C1(O)O. The third kappa shape index (κ3) is 2.26. The van der Waals surface area contributed by atoms with Crippen molar-refractivity contribution in [1.29, 1.82) is 0 Å². The summed E-state index contributed by atoms with van der Waals surface area (Å²) in [6.07, 6.45) is -1.32. The number of nitrogens with zero attached hydrogens (tertiary/aromatic N) is 3. The molecule has 1 fully saturated rings. The fraction of sp³-hybridized carbons (Fsp3) is 0.786. The zero-order valence-electron chi connectivity index (χ0n) is 14.3. The lowest BCUT2D eigenvalue weighted by molar-refractivity contribution is -0.264. The van der Waals surface area contributed by atoms with Crippen LogP contribution in [-0.4, -0.2) is 80.9 Å². The number of esters is 1. The predicted octanol–water partition coefficient (Wildman–Crippen LogP) is -3.39. The Bertz CT molecular complexity index is 657. The summed E-state index contributed by atoms with van der Waals surface area (Å²) in [4.78, 5) is 21.9. The van der Waals surface area contributed by atoms with Gasteiger partial charge in [0.1, 0.15) is 12.1 Å². The summed E-state index contributed by atoms with van der Waals surface area (Å²) in [6, 6.07) is -1.74. The van der Waals surface area contributed by atoms with Crippen molar-refractivity contribution in [2.24, 2.45) is 26.9 Å². The van der Waals surface area contributed by atoms with E-state index in [-0.39, 0.29) is 18.5 Å². The molecule has 0 amide bonds. The molecule has 1 saturated heterocycles. The van der Waals surface area contributed by atoms with E-state index in [1.807, 2.05) is 0 Å². The van der Waals surface area contributed by atoms with Crippen LogP contribution in [0.15, 0.2) is 9.98 Å². The summed E-state index contributed by atoms with van der Waals surface area (Å²) in [6.45, 7) is 4.43. The van der Waals surface area contributed by atoms with Crippen LogP contribution in [0.3, 0.4) is 0 Å². The van der Waals surface area contributed by atoms with E-state index in [0.717, 1.165) is 0 Å². The minimum absolute atomic E-state index is 0.0329. The molecule has 3 aliphatic heterocycles. The summed E-state index contributed by atoms with van der Waals surface area (Å²) in [5.74, 6) is -3.25. The molecule has 0 radical (unpaired) electrons. The van der Waals surface area contributed by atoms with Gasteiger partial charge in [0.2, 0.25) is 5.79 Å². The van der Waals surface area contributed by atoms with Gasteiger partial charge in [0.05, 0.1) is 18.6 Å². The topological polar surface area (TPSA) is 179 Å². The first kappa shape index (κ1) is 17.7. The fourth-order valence-corrected chi connectivity index (χ4v) is 3.48. The van der Waals surface area contributed by atoms with Crippen molar-refractivity contribution in [3.8, 4) is 0 Å². The molecule has 11 nitrogen and oxygen atoms in total. The van der Waals surface area contributed by atoms with Crippen molar-refractivity contribution in [1.82, 2.24) is 10.2 Å². The zero-order chi connectivity index (χ0) is 18.8. The van der Waals surface area contributed by atoms with E-state index < -0.39 is 47.6 Å². The second kappa shape index (κ2) is 5.19. The molecule has 3 aliphatic rings. The van der Waals surface area contributed by atoms with Crippen LogP contribution >= 0.6 is 0 Å². The van der Waals surface area contributed by atoms with Crippen LogP contribution in [0.2, 0.25) is 0 Å². The van der Waals surface area contributed by atoms with E-state index in [0.29, 0.717) is 0 Å². The number of nitrogens with two attached hydrogens (primary N) is 2. The van der Waals surface area contributed by atoms with Crippen LogP contribution in [0.1, 0.15) is 20.8 Å². The minimum Gasteiger partial charge on any atom is -0.454 e. The van der Waals surface area contributed by atoms with Crippen LogP contribution in [0.4, 0.5) is 0 Å². The maximum atomic E-state index is 12.2. The number of hydrogen-bond donors (Lipinski definition) is 6. The van der Waals surface area contributed by atoms with E-state index in [2.05, 4.69) is 15.3 Å². The van der Waals surface area contributed by atoms with Gasteiger partial charge < -0.3 is 41.7 Å². The average Bonchev–Trinajstić information content (AvgIpc) is 2.95. The van der Waals surface area contributed by atoms with Crippen molar-refractivity contribution in [2.75, 3.05) is 13.2 Å². The molecule has 0 aromatic heterocycles. The van der Waals surface area contributed by atoms with Crippen molar-refractivity contribution in [3.05, 3.63) is 0 Å². The maximum Gasteiger partial charge on any atom is 0.311 e. The smallest absolute Gasteiger partial charge is 0.311 e. The van der Waals surface area contributed by atoms with Gasteiger partial charge in [-0.3, -0.25) is 4.79 Å². The highest BCUT2D eigenvalue weighted by molar-refractivity contribution is 5.87. The number of guanidine groups is 2. The second-order valence-electron chi connectivity index (χ2n) is 7.57. The van der Waals surface area contributed by atoms with Crippen LogP contribution in [-0.2, 0) is 9.53 Å². The minimum atomic E-state index is -2.57. The van der Waals surface area contributed by atoms with Crippen molar-refractivity contribution in [3.63, 3.8) is 0 Å². The number of aliphatic imine (C=N–C) groups is 2. The predicted molar refractivity (Wildman–Crippen MR) is 87.0 cm³/mol. The van der Waals surface area contributed by atoms with Gasteiger partial charge >= 0.3 is 5.97 Å². The van der Waals surface area contributed by atoms with Crippen LogP contribution in [0, 0.1) is 5.41 Å². The Morgan fingerprint density at radius 2 is 2.04 bits per heavy atom. The highest BCUT2D eigenvalue weighted by Crippen LogP contribution is 2.45. The van der Waals surface area contributed by atoms with Crippen molar-refractivity contribution in [2.45, 2.75) is 50.4 Å². The Morgan fingerprint density at radius 1 is 1.40 bits per heavy atom. The summed E-state index contributed by atoms with van der Waals surface area (Å²) in [5.41, 5.74) is 9.19. The third-order valence-corrected chi connectivity index (χ3v) is 4.80. The molecule has 8 N–H and O–H groups in total. The fourth-order valence-electron chi connectivity index (χ4n) is 3.48. The van der Waals surface area contributed by atoms with Gasteiger partial charge in [0.25, 0.3) is 0 Å². The highest BCUT2D eigenvalue weighted by atomic mass is 16.6. The zero-order valence-corrected chi connectivity index (χ0v) is 14.3. The molecule has 0 aliphatic carbocycles. The lowest BCUT2D eigenvalue weighted by Crippen LogP contribution is -2.77. The molecule has 0 bridgehead atoms. The maximum absolute atomic E-state index is 12.2. The number of carbonyl (C=O) groups excluding carboxylic acids is 1. The average molecular weight is 356 g/mol.